The van der Waals surface area contributed by atoms with E-state index in [9.17, 15) is 4.79 Å². The van der Waals surface area contributed by atoms with Gasteiger partial charge in [-0.3, -0.25) is 0 Å². The number of benzene rings is 2. The monoisotopic (exact) mass is 426 g/mol. The zero-order chi connectivity index (χ0) is 21.9. The van der Waals surface area contributed by atoms with Crippen molar-refractivity contribution < 1.29 is 19.0 Å². The van der Waals surface area contributed by atoms with E-state index in [0.29, 0.717) is 26.3 Å². The maximum Gasteiger partial charge on any atom is 0.407 e. The minimum absolute atomic E-state index is 0.0453. The highest BCUT2D eigenvalue weighted by molar-refractivity contribution is 5.67. The normalized spacial score (nSPS) is 23.3. The first-order chi connectivity index (χ1) is 15.2. The highest BCUT2D eigenvalue weighted by atomic mass is 16.5. The maximum absolute atomic E-state index is 11.9. The minimum atomic E-state index is -0.415. The topological polar surface area (TPSA) is 68.8 Å². The molecule has 0 aromatic heterocycles. The molecule has 31 heavy (non-hydrogen) atoms. The van der Waals surface area contributed by atoms with Crippen LogP contribution in [0.3, 0.4) is 0 Å². The van der Waals surface area contributed by atoms with Gasteiger partial charge in [0.25, 0.3) is 0 Å². The third kappa shape index (κ3) is 7.35. The Morgan fingerprint density at radius 1 is 1.00 bits per heavy atom. The van der Waals surface area contributed by atoms with Crippen molar-refractivity contribution >= 4 is 6.09 Å². The van der Waals surface area contributed by atoms with Gasteiger partial charge in [-0.1, -0.05) is 74.5 Å². The second-order valence-electron chi connectivity index (χ2n) is 7.95. The molecular weight excluding hydrogens is 392 g/mol. The van der Waals surface area contributed by atoms with Crippen molar-refractivity contribution in [2.45, 2.75) is 51.7 Å². The van der Waals surface area contributed by atoms with Crippen LogP contribution < -0.4 is 10.6 Å². The average molecular weight is 427 g/mol. The van der Waals surface area contributed by atoms with Crippen molar-refractivity contribution in [2.75, 3.05) is 19.7 Å². The van der Waals surface area contributed by atoms with Crippen molar-refractivity contribution in [3.8, 4) is 0 Å². The fraction of sp³-hybridized carbons (Fsp3) is 0.480. The Balaban J connectivity index is 1.42. The quantitative estimate of drug-likeness (QED) is 0.564. The fourth-order valence-electron chi connectivity index (χ4n) is 3.95. The van der Waals surface area contributed by atoms with Crippen LogP contribution in [0, 0.1) is 5.92 Å². The first-order valence-electron chi connectivity index (χ1n) is 11.1. The fourth-order valence-corrected chi connectivity index (χ4v) is 3.95. The molecule has 0 unspecified atom stereocenters. The standard InChI is InChI=1S/C25H34N2O4/c1-3-23-19(2)24(30-16-20-10-6-4-7-11-20)22(18-29-23)26-14-15-27-25(28)31-17-21-12-8-5-9-13-21/h4-13,19,22-24,26H,3,14-18H2,1-2H3,(H,27,28)/t19-,22+,23+,24-/m0/s1. The summed E-state index contributed by atoms with van der Waals surface area (Å²) in [6.45, 7) is 6.87. The molecule has 1 amide bonds. The van der Waals surface area contributed by atoms with Gasteiger partial charge in [-0.25, -0.2) is 4.79 Å². The summed E-state index contributed by atoms with van der Waals surface area (Å²) in [7, 11) is 0. The smallest absolute Gasteiger partial charge is 0.407 e. The maximum atomic E-state index is 11.9. The number of rotatable bonds is 10. The number of alkyl carbamates (subject to hydrolysis) is 1. The molecule has 6 heteroatoms. The van der Waals surface area contributed by atoms with E-state index in [1.54, 1.807) is 0 Å². The number of amides is 1. The molecule has 2 N–H and O–H groups in total. The lowest BCUT2D eigenvalue weighted by Crippen LogP contribution is -2.56. The largest absolute Gasteiger partial charge is 0.445 e. The van der Waals surface area contributed by atoms with Crippen LogP contribution in [-0.2, 0) is 27.4 Å². The van der Waals surface area contributed by atoms with E-state index < -0.39 is 6.09 Å². The molecule has 1 fully saturated rings. The van der Waals surface area contributed by atoms with E-state index in [1.807, 2.05) is 48.5 Å². The van der Waals surface area contributed by atoms with E-state index in [2.05, 4.69) is 36.6 Å². The van der Waals surface area contributed by atoms with Crippen LogP contribution in [-0.4, -0.2) is 44.0 Å². The lowest BCUT2D eigenvalue weighted by Gasteiger charge is -2.41. The molecule has 6 nitrogen and oxygen atoms in total. The van der Waals surface area contributed by atoms with Gasteiger partial charge >= 0.3 is 6.09 Å². The Bertz CT molecular complexity index is 772. The summed E-state index contributed by atoms with van der Waals surface area (Å²) < 4.78 is 17.6. The molecule has 1 aliphatic rings. The molecule has 1 heterocycles. The van der Waals surface area contributed by atoms with E-state index in [4.69, 9.17) is 14.2 Å². The van der Waals surface area contributed by atoms with Gasteiger partial charge in [-0.05, 0) is 17.5 Å². The number of hydrogen-bond acceptors (Lipinski definition) is 5. The summed E-state index contributed by atoms with van der Waals surface area (Å²) in [6, 6.07) is 19.9. The van der Waals surface area contributed by atoms with E-state index in [1.165, 1.54) is 0 Å². The van der Waals surface area contributed by atoms with Crippen LogP contribution in [0.25, 0.3) is 0 Å². The molecule has 4 atom stereocenters. The first-order valence-corrected chi connectivity index (χ1v) is 11.1. The molecule has 0 radical (unpaired) electrons. The van der Waals surface area contributed by atoms with Crippen molar-refractivity contribution in [3.63, 3.8) is 0 Å². The Labute approximate surface area is 185 Å². The number of ether oxygens (including phenoxy) is 3. The van der Waals surface area contributed by atoms with Crippen molar-refractivity contribution in [2.24, 2.45) is 5.92 Å². The van der Waals surface area contributed by atoms with Crippen LogP contribution in [0.1, 0.15) is 31.4 Å². The van der Waals surface area contributed by atoms with Crippen molar-refractivity contribution in [1.29, 1.82) is 0 Å². The van der Waals surface area contributed by atoms with Crippen LogP contribution in [0.4, 0.5) is 4.79 Å². The molecule has 168 valence electrons. The summed E-state index contributed by atoms with van der Waals surface area (Å²) in [5, 5.41) is 6.28. The van der Waals surface area contributed by atoms with Crippen LogP contribution in [0.15, 0.2) is 60.7 Å². The molecule has 0 spiro atoms. The predicted molar refractivity (Wildman–Crippen MR) is 121 cm³/mol. The molecule has 1 saturated heterocycles. The summed E-state index contributed by atoms with van der Waals surface area (Å²) in [6.07, 6.45) is 0.796. The summed E-state index contributed by atoms with van der Waals surface area (Å²) >= 11 is 0. The Hall–Kier alpha value is -2.41. The highest BCUT2D eigenvalue weighted by Gasteiger charge is 2.37. The van der Waals surface area contributed by atoms with Gasteiger partial charge in [0.15, 0.2) is 0 Å². The Morgan fingerprint density at radius 3 is 2.29 bits per heavy atom. The van der Waals surface area contributed by atoms with Crippen LogP contribution >= 0.6 is 0 Å². The van der Waals surface area contributed by atoms with Crippen LogP contribution in [0.2, 0.25) is 0 Å². The van der Waals surface area contributed by atoms with Gasteiger partial charge in [0.05, 0.1) is 31.5 Å². The Kier molecular flexibility index (Phi) is 9.34. The zero-order valence-electron chi connectivity index (χ0n) is 18.5. The molecule has 0 bridgehead atoms. The highest BCUT2D eigenvalue weighted by Crippen LogP contribution is 2.27. The predicted octanol–water partition coefficient (Wildman–Crippen LogP) is 3.90. The van der Waals surface area contributed by atoms with Gasteiger partial charge < -0.3 is 24.8 Å². The average Bonchev–Trinajstić information content (AvgIpc) is 2.81. The van der Waals surface area contributed by atoms with E-state index in [0.717, 1.165) is 17.5 Å². The lowest BCUT2D eigenvalue weighted by atomic mass is 9.88. The first kappa shape index (κ1) is 23.3. The van der Waals surface area contributed by atoms with Gasteiger partial charge in [0, 0.05) is 19.0 Å². The van der Waals surface area contributed by atoms with Crippen molar-refractivity contribution in [1.82, 2.24) is 10.6 Å². The SMILES string of the molecule is CC[C@H]1OC[C@@H](NCCNC(=O)OCc2ccccc2)[C@@H](OCc2ccccc2)[C@H]1C. The minimum Gasteiger partial charge on any atom is -0.445 e. The zero-order valence-corrected chi connectivity index (χ0v) is 18.5. The number of carbonyl (C=O) groups excluding carboxylic acids is 1. The number of hydrogen-bond donors (Lipinski definition) is 2. The van der Waals surface area contributed by atoms with Gasteiger partial charge in [-0.2, -0.15) is 0 Å². The molecular formula is C25H34N2O4. The molecule has 2 aromatic rings. The lowest BCUT2D eigenvalue weighted by molar-refractivity contribution is -0.135. The molecule has 0 saturated carbocycles. The molecule has 0 aliphatic carbocycles. The van der Waals surface area contributed by atoms with Gasteiger partial charge in [0.2, 0.25) is 0 Å². The van der Waals surface area contributed by atoms with E-state index >= 15 is 0 Å². The van der Waals surface area contributed by atoms with Crippen LogP contribution in [0.5, 0.6) is 0 Å². The summed E-state index contributed by atoms with van der Waals surface area (Å²) in [4.78, 5) is 11.9. The third-order valence-electron chi connectivity index (χ3n) is 5.69. The molecule has 3 rings (SSSR count). The second-order valence-corrected chi connectivity index (χ2v) is 7.95. The van der Waals surface area contributed by atoms with Gasteiger partial charge in [-0.15, -0.1) is 0 Å². The molecule has 1 aliphatic heterocycles. The van der Waals surface area contributed by atoms with E-state index in [-0.39, 0.29) is 30.8 Å². The number of carbonyl (C=O) groups is 1. The third-order valence-corrected chi connectivity index (χ3v) is 5.69. The van der Waals surface area contributed by atoms with Crippen molar-refractivity contribution in [3.05, 3.63) is 71.8 Å². The summed E-state index contributed by atoms with van der Waals surface area (Å²) in [5.41, 5.74) is 2.13. The second kappa shape index (κ2) is 12.4. The number of nitrogens with one attached hydrogen (secondary N) is 2. The Morgan fingerprint density at radius 2 is 1.65 bits per heavy atom. The summed E-state index contributed by atoms with van der Waals surface area (Å²) in [5.74, 6) is 0.281. The van der Waals surface area contributed by atoms with Gasteiger partial charge in [0.1, 0.15) is 6.61 Å². The molecule has 2 aromatic carbocycles.